The van der Waals surface area contributed by atoms with Crippen molar-refractivity contribution in [3.8, 4) is 0 Å². The molecule has 0 heterocycles. The maximum atomic E-state index is 3.71. The molecule has 4 aromatic carbocycles. The Morgan fingerprint density at radius 1 is 0.633 bits per heavy atom. The summed E-state index contributed by atoms with van der Waals surface area (Å²) < 4.78 is 0. The molecule has 150 valence electrons. The minimum absolute atomic E-state index is 0.489. The molecule has 1 atom stereocenters. The van der Waals surface area contributed by atoms with Crippen molar-refractivity contribution in [3.05, 3.63) is 126 Å². The van der Waals surface area contributed by atoms with Crippen molar-refractivity contribution in [2.45, 2.75) is 19.4 Å². The second-order valence-corrected chi connectivity index (χ2v) is 9.76. The molecule has 0 saturated heterocycles. The van der Waals surface area contributed by atoms with Crippen molar-refractivity contribution >= 4 is 23.8 Å². The topological polar surface area (TPSA) is 12.0 Å². The highest BCUT2D eigenvalue weighted by molar-refractivity contribution is 7.79. The Balaban J connectivity index is 1.57. The van der Waals surface area contributed by atoms with Crippen molar-refractivity contribution in [1.82, 2.24) is 5.32 Å². The van der Waals surface area contributed by atoms with Gasteiger partial charge in [0.1, 0.15) is 0 Å². The molecule has 0 aliphatic heterocycles. The molecule has 0 unspecified atom stereocenters. The Labute approximate surface area is 181 Å². The first-order valence-electron chi connectivity index (χ1n) is 10.6. The van der Waals surface area contributed by atoms with Crippen LogP contribution in [0.2, 0.25) is 0 Å². The van der Waals surface area contributed by atoms with Crippen LogP contribution in [-0.4, -0.2) is 6.54 Å². The van der Waals surface area contributed by atoms with E-state index in [0.29, 0.717) is 5.92 Å². The van der Waals surface area contributed by atoms with Crippen LogP contribution in [0.5, 0.6) is 0 Å². The average molecular weight is 410 g/mol. The van der Waals surface area contributed by atoms with E-state index in [1.165, 1.54) is 27.0 Å². The minimum atomic E-state index is -0.582. The van der Waals surface area contributed by atoms with E-state index in [4.69, 9.17) is 0 Å². The molecule has 1 N–H and O–H groups in total. The second kappa shape index (κ2) is 10.3. The molecule has 2 heteroatoms. The Hall–Kier alpha value is -2.73. The minimum Gasteiger partial charge on any atom is -0.312 e. The van der Waals surface area contributed by atoms with Crippen molar-refractivity contribution in [2.24, 2.45) is 0 Å². The van der Waals surface area contributed by atoms with Crippen LogP contribution in [0.25, 0.3) is 0 Å². The molecule has 0 bridgehead atoms. The van der Waals surface area contributed by atoms with Gasteiger partial charge in [-0.25, -0.2) is 0 Å². The number of rotatable bonds is 8. The maximum Gasteiger partial charge on any atom is 0.0212 e. The number of nitrogens with one attached hydrogen (secondary N) is 1. The Morgan fingerprint density at radius 2 is 1.13 bits per heavy atom. The van der Waals surface area contributed by atoms with Gasteiger partial charge in [0, 0.05) is 13.1 Å². The summed E-state index contributed by atoms with van der Waals surface area (Å²) in [6.45, 7) is 4.13. The van der Waals surface area contributed by atoms with E-state index in [2.05, 4.69) is 128 Å². The monoisotopic (exact) mass is 409 g/mol. The quantitative estimate of drug-likeness (QED) is 0.388. The summed E-state index contributed by atoms with van der Waals surface area (Å²) in [7, 11) is -0.582. The Bertz CT molecular complexity index is 992. The van der Waals surface area contributed by atoms with E-state index in [1.807, 2.05) is 0 Å². The van der Waals surface area contributed by atoms with Crippen LogP contribution in [-0.2, 0) is 6.54 Å². The van der Waals surface area contributed by atoms with Gasteiger partial charge < -0.3 is 5.32 Å². The summed E-state index contributed by atoms with van der Waals surface area (Å²) in [5.74, 6) is 0.489. The Morgan fingerprint density at radius 3 is 1.73 bits per heavy atom. The van der Waals surface area contributed by atoms with Gasteiger partial charge in [-0.05, 0) is 40.9 Å². The molecular formula is C28H28NP. The van der Waals surface area contributed by atoms with E-state index in [0.717, 1.165) is 13.1 Å². The summed E-state index contributed by atoms with van der Waals surface area (Å²) in [6, 6.07) is 41.5. The zero-order chi connectivity index (χ0) is 20.6. The van der Waals surface area contributed by atoms with Gasteiger partial charge in [-0.1, -0.05) is 122 Å². The highest BCUT2D eigenvalue weighted by Gasteiger charge is 2.19. The third kappa shape index (κ3) is 5.05. The molecule has 0 aliphatic carbocycles. The standard InChI is InChI=1S/C28H28NP/c1-23(24-13-5-2-6-14-24)21-29-22-25-15-11-12-20-28(25)30(26-16-7-3-8-17-26)27-18-9-4-10-19-27/h2-20,23,29H,21-22H2,1H3/t23-/m0/s1. The lowest BCUT2D eigenvalue weighted by molar-refractivity contribution is 0.616. The molecule has 0 radical (unpaired) electrons. The van der Waals surface area contributed by atoms with E-state index in [9.17, 15) is 0 Å². The molecule has 0 saturated carbocycles. The van der Waals surface area contributed by atoms with E-state index < -0.39 is 7.92 Å². The van der Waals surface area contributed by atoms with E-state index >= 15 is 0 Å². The van der Waals surface area contributed by atoms with Gasteiger partial charge in [-0.15, -0.1) is 0 Å². The van der Waals surface area contributed by atoms with Gasteiger partial charge in [0.15, 0.2) is 0 Å². The molecule has 0 aromatic heterocycles. The largest absolute Gasteiger partial charge is 0.312 e. The summed E-state index contributed by atoms with van der Waals surface area (Å²) in [4.78, 5) is 0. The van der Waals surface area contributed by atoms with E-state index in [-0.39, 0.29) is 0 Å². The molecule has 1 nitrogen and oxygen atoms in total. The van der Waals surface area contributed by atoms with Crippen molar-refractivity contribution in [3.63, 3.8) is 0 Å². The maximum absolute atomic E-state index is 3.71. The predicted octanol–water partition coefficient (Wildman–Crippen LogP) is 5.34. The fourth-order valence-corrected chi connectivity index (χ4v) is 6.25. The second-order valence-electron chi connectivity index (χ2n) is 7.58. The highest BCUT2D eigenvalue weighted by atomic mass is 31.1. The lowest BCUT2D eigenvalue weighted by Crippen LogP contribution is -2.27. The molecule has 0 spiro atoms. The van der Waals surface area contributed by atoms with Crippen LogP contribution < -0.4 is 21.2 Å². The Kier molecular flexibility index (Phi) is 7.08. The SMILES string of the molecule is C[C@@H](CNCc1ccccc1P(c1ccccc1)c1ccccc1)c1ccccc1. The van der Waals surface area contributed by atoms with Gasteiger partial charge in [0.2, 0.25) is 0 Å². The lowest BCUT2D eigenvalue weighted by Gasteiger charge is -2.23. The molecule has 30 heavy (non-hydrogen) atoms. The van der Waals surface area contributed by atoms with Gasteiger partial charge >= 0.3 is 0 Å². The third-order valence-corrected chi connectivity index (χ3v) is 7.94. The van der Waals surface area contributed by atoms with E-state index in [1.54, 1.807) is 0 Å². The molecule has 4 rings (SSSR count). The summed E-state index contributed by atoms with van der Waals surface area (Å²) in [5.41, 5.74) is 2.77. The smallest absolute Gasteiger partial charge is 0.0212 e. The molecule has 0 amide bonds. The molecule has 4 aromatic rings. The predicted molar refractivity (Wildman–Crippen MR) is 132 cm³/mol. The van der Waals surface area contributed by atoms with Crippen LogP contribution in [0.15, 0.2) is 115 Å². The fourth-order valence-electron chi connectivity index (χ4n) is 3.78. The third-order valence-electron chi connectivity index (χ3n) is 5.40. The van der Waals surface area contributed by atoms with Crippen LogP contribution in [0.1, 0.15) is 24.0 Å². The number of benzene rings is 4. The first kappa shape index (κ1) is 20.5. The first-order chi connectivity index (χ1) is 14.8. The van der Waals surface area contributed by atoms with Crippen LogP contribution >= 0.6 is 7.92 Å². The van der Waals surface area contributed by atoms with Gasteiger partial charge in [0.05, 0.1) is 0 Å². The van der Waals surface area contributed by atoms with Crippen molar-refractivity contribution in [2.75, 3.05) is 6.54 Å². The first-order valence-corrected chi connectivity index (χ1v) is 11.9. The van der Waals surface area contributed by atoms with Crippen molar-refractivity contribution < 1.29 is 0 Å². The number of hydrogen-bond donors (Lipinski definition) is 1. The summed E-state index contributed by atoms with van der Waals surface area (Å²) in [5, 5.41) is 7.93. The van der Waals surface area contributed by atoms with Gasteiger partial charge in [-0.2, -0.15) is 0 Å². The molecular weight excluding hydrogens is 381 g/mol. The molecule has 0 fully saturated rings. The van der Waals surface area contributed by atoms with Gasteiger partial charge in [-0.3, -0.25) is 0 Å². The summed E-state index contributed by atoms with van der Waals surface area (Å²) >= 11 is 0. The van der Waals surface area contributed by atoms with Crippen LogP contribution in [0.4, 0.5) is 0 Å². The lowest BCUT2D eigenvalue weighted by atomic mass is 10.0. The van der Waals surface area contributed by atoms with Crippen LogP contribution in [0.3, 0.4) is 0 Å². The normalized spacial score (nSPS) is 12.1. The highest BCUT2D eigenvalue weighted by Crippen LogP contribution is 2.34. The van der Waals surface area contributed by atoms with Crippen LogP contribution in [0, 0.1) is 0 Å². The van der Waals surface area contributed by atoms with Crippen molar-refractivity contribution in [1.29, 1.82) is 0 Å². The zero-order valence-electron chi connectivity index (χ0n) is 17.4. The summed E-state index contributed by atoms with van der Waals surface area (Å²) in [6.07, 6.45) is 0. The molecule has 0 aliphatic rings. The number of hydrogen-bond acceptors (Lipinski definition) is 1. The van der Waals surface area contributed by atoms with Gasteiger partial charge in [0.25, 0.3) is 0 Å². The fraction of sp³-hybridized carbons (Fsp3) is 0.143. The zero-order valence-corrected chi connectivity index (χ0v) is 18.3. The average Bonchev–Trinajstić information content (AvgIpc) is 2.82.